The summed E-state index contributed by atoms with van der Waals surface area (Å²) in [6.07, 6.45) is 0.989. The van der Waals surface area contributed by atoms with Gasteiger partial charge in [0.15, 0.2) is 5.82 Å². The van der Waals surface area contributed by atoms with E-state index in [1.807, 2.05) is 24.6 Å². The SMILES string of the molecule is CCc1c(C)nn(-c2cc(Br)nc(C)n2)c1C. The fraction of sp³-hybridized carbons (Fsp3) is 0.417. The van der Waals surface area contributed by atoms with E-state index in [1.165, 1.54) is 5.56 Å². The molecule has 2 aromatic heterocycles. The van der Waals surface area contributed by atoms with Crippen molar-refractivity contribution >= 4 is 15.9 Å². The van der Waals surface area contributed by atoms with Crippen molar-refractivity contribution in [2.75, 3.05) is 0 Å². The van der Waals surface area contributed by atoms with Crippen LogP contribution in [0.1, 0.15) is 29.7 Å². The molecule has 2 heterocycles. The van der Waals surface area contributed by atoms with Gasteiger partial charge in [0.05, 0.1) is 5.69 Å². The highest BCUT2D eigenvalue weighted by Gasteiger charge is 2.12. The summed E-state index contributed by atoms with van der Waals surface area (Å²) in [4.78, 5) is 8.62. The molecule has 90 valence electrons. The Balaban J connectivity index is 2.60. The smallest absolute Gasteiger partial charge is 0.158 e. The van der Waals surface area contributed by atoms with Gasteiger partial charge in [0.1, 0.15) is 10.4 Å². The first kappa shape index (κ1) is 12.2. The van der Waals surface area contributed by atoms with E-state index in [4.69, 9.17) is 0 Å². The average molecular weight is 295 g/mol. The second-order valence-electron chi connectivity index (χ2n) is 4.01. The van der Waals surface area contributed by atoms with E-state index in [0.29, 0.717) is 0 Å². The molecule has 0 atom stereocenters. The third kappa shape index (κ3) is 2.24. The molecule has 2 rings (SSSR count). The zero-order valence-electron chi connectivity index (χ0n) is 10.5. The molecule has 0 saturated heterocycles. The summed E-state index contributed by atoms with van der Waals surface area (Å²) in [7, 11) is 0. The first-order valence-electron chi connectivity index (χ1n) is 5.59. The Morgan fingerprint density at radius 2 is 1.94 bits per heavy atom. The number of hydrogen-bond donors (Lipinski definition) is 0. The molecule has 0 aromatic carbocycles. The summed E-state index contributed by atoms with van der Waals surface area (Å²) in [5, 5.41) is 4.54. The van der Waals surface area contributed by atoms with Crippen molar-refractivity contribution in [3.05, 3.63) is 33.4 Å². The standard InChI is InChI=1S/C12H15BrN4/c1-5-10-7(2)16-17(8(10)3)12-6-11(13)14-9(4)15-12/h6H,5H2,1-4H3. The van der Waals surface area contributed by atoms with Gasteiger partial charge >= 0.3 is 0 Å². The van der Waals surface area contributed by atoms with Gasteiger partial charge < -0.3 is 0 Å². The van der Waals surface area contributed by atoms with Gasteiger partial charge in [-0.25, -0.2) is 14.6 Å². The zero-order chi connectivity index (χ0) is 12.6. The van der Waals surface area contributed by atoms with Gasteiger partial charge in [-0.3, -0.25) is 0 Å². The lowest BCUT2D eigenvalue weighted by molar-refractivity contribution is 0.789. The third-order valence-corrected chi connectivity index (χ3v) is 3.21. The summed E-state index contributed by atoms with van der Waals surface area (Å²) < 4.78 is 2.67. The van der Waals surface area contributed by atoms with Crippen LogP contribution in [0.4, 0.5) is 0 Å². The van der Waals surface area contributed by atoms with Crippen LogP contribution in [-0.2, 0) is 6.42 Å². The van der Waals surface area contributed by atoms with Crippen molar-refractivity contribution < 1.29 is 0 Å². The van der Waals surface area contributed by atoms with E-state index in [9.17, 15) is 0 Å². The minimum Gasteiger partial charge on any atom is -0.226 e. The lowest BCUT2D eigenvalue weighted by atomic mass is 10.1. The minimum absolute atomic E-state index is 0.736. The van der Waals surface area contributed by atoms with E-state index >= 15 is 0 Å². The number of aromatic nitrogens is 4. The van der Waals surface area contributed by atoms with Crippen LogP contribution in [0.25, 0.3) is 5.82 Å². The highest BCUT2D eigenvalue weighted by molar-refractivity contribution is 9.10. The Hall–Kier alpha value is -1.23. The maximum atomic E-state index is 4.54. The van der Waals surface area contributed by atoms with Crippen LogP contribution in [-0.4, -0.2) is 19.7 Å². The Labute approximate surface area is 109 Å². The van der Waals surface area contributed by atoms with E-state index < -0.39 is 0 Å². The van der Waals surface area contributed by atoms with Crippen LogP contribution in [0.15, 0.2) is 10.7 Å². The number of aryl methyl sites for hydroxylation is 2. The molecule has 0 N–H and O–H groups in total. The molecule has 0 amide bonds. The van der Waals surface area contributed by atoms with Crippen molar-refractivity contribution in [3.63, 3.8) is 0 Å². The van der Waals surface area contributed by atoms with Gasteiger partial charge in [-0.2, -0.15) is 5.10 Å². The van der Waals surface area contributed by atoms with Crippen LogP contribution < -0.4 is 0 Å². The lowest BCUT2D eigenvalue weighted by Crippen LogP contribution is -2.04. The van der Waals surface area contributed by atoms with Crippen molar-refractivity contribution in [1.29, 1.82) is 0 Å². The molecule has 0 unspecified atom stereocenters. The second-order valence-corrected chi connectivity index (χ2v) is 4.82. The normalized spacial score (nSPS) is 10.9. The molecule has 0 aliphatic rings. The predicted molar refractivity (Wildman–Crippen MR) is 70.4 cm³/mol. The summed E-state index contributed by atoms with van der Waals surface area (Å²) in [5.74, 6) is 1.55. The minimum atomic E-state index is 0.736. The quantitative estimate of drug-likeness (QED) is 0.800. The Kier molecular flexibility index (Phi) is 3.28. The van der Waals surface area contributed by atoms with Crippen LogP contribution in [0.2, 0.25) is 0 Å². The van der Waals surface area contributed by atoms with Crippen molar-refractivity contribution in [1.82, 2.24) is 19.7 Å². The fourth-order valence-corrected chi connectivity index (χ4v) is 2.50. The molecular formula is C12H15BrN4. The maximum absolute atomic E-state index is 4.54. The van der Waals surface area contributed by atoms with Crippen molar-refractivity contribution in [2.24, 2.45) is 0 Å². The van der Waals surface area contributed by atoms with Gasteiger partial charge in [0.2, 0.25) is 0 Å². The summed E-state index contributed by atoms with van der Waals surface area (Å²) in [5.41, 5.74) is 3.50. The monoisotopic (exact) mass is 294 g/mol. The van der Waals surface area contributed by atoms with E-state index in [0.717, 1.165) is 34.1 Å². The molecule has 0 spiro atoms. The Bertz CT molecular complexity index is 540. The molecule has 2 aromatic rings. The molecular weight excluding hydrogens is 280 g/mol. The summed E-state index contributed by atoms with van der Waals surface area (Å²) in [6, 6.07) is 1.88. The zero-order valence-corrected chi connectivity index (χ0v) is 12.0. The number of hydrogen-bond acceptors (Lipinski definition) is 3. The number of halogens is 1. The molecule has 5 heteroatoms. The van der Waals surface area contributed by atoms with Crippen LogP contribution in [0.3, 0.4) is 0 Å². The van der Waals surface area contributed by atoms with Crippen molar-refractivity contribution in [2.45, 2.75) is 34.1 Å². The van der Waals surface area contributed by atoms with Gasteiger partial charge in [0, 0.05) is 11.8 Å². The molecule has 0 aliphatic carbocycles. The van der Waals surface area contributed by atoms with E-state index in [2.05, 4.69) is 44.8 Å². The molecule has 4 nitrogen and oxygen atoms in total. The van der Waals surface area contributed by atoms with Crippen molar-refractivity contribution in [3.8, 4) is 5.82 Å². The van der Waals surface area contributed by atoms with E-state index in [1.54, 1.807) is 0 Å². The first-order chi connectivity index (χ1) is 8.02. The molecule has 0 radical (unpaired) electrons. The topological polar surface area (TPSA) is 43.6 Å². The van der Waals surface area contributed by atoms with Gasteiger partial charge in [-0.05, 0) is 48.7 Å². The predicted octanol–water partition coefficient (Wildman–Crippen LogP) is 2.91. The third-order valence-electron chi connectivity index (χ3n) is 2.80. The second kappa shape index (κ2) is 4.56. The lowest BCUT2D eigenvalue weighted by Gasteiger charge is -2.05. The maximum Gasteiger partial charge on any atom is 0.158 e. The number of rotatable bonds is 2. The Morgan fingerprint density at radius 3 is 2.47 bits per heavy atom. The first-order valence-corrected chi connectivity index (χ1v) is 6.39. The van der Waals surface area contributed by atoms with E-state index in [-0.39, 0.29) is 0 Å². The summed E-state index contributed by atoms with van der Waals surface area (Å²) >= 11 is 3.38. The average Bonchev–Trinajstić information content (AvgIpc) is 2.52. The number of nitrogens with zero attached hydrogens (tertiary/aromatic N) is 4. The van der Waals surface area contributed by atoms with Crippen LogP contribution >= 0.6 is 15.9 Å². The van der Waals surface area contributed by atoms with Crippen LogP contribution in [0, 0.1) is 20.8 Å². The molecule has 0 fully saturated rings. The molecule has 17 heavy (non-hydrogen) atoms. The van der Waals surface area contributed by atoms with Gasteiger partial charge in [0.25, 0.3) is 0 Å². The largest absolute Gasteiger partial charge is 0.226 e. The fourth-order valence-electron chi connectivity index (χ4n) is 2.03. The highest BCUT2D eigenvalue weighted by Crippen LogP contribution is 2.18. The summed E-state index contributed by atoms with van der Waals surface area (Å²) in [6.45, 7) is 8.12. The van der Waals surface area contributed by atoms with Gasteiger partial charge in [-0.1, -0.05) is 6.92 Å². The molecule has 0 bridgehead atoms. The molecule has 0 aliphatic heterocycles. The highest BCUT2D eigenvalue weighted by atomic mass is 79.9. The van der Waals surface area contributed by atoms with Gasteiger partial charge in [-0.15, -0.1) is 0 Å². The van der Waals surface area contributed by atoms with Crippen LogP contribution in [0.5, 0.6) is 0 Å². The molecule has 0 saturated carbocycles. The Morgan fingerprint density at radius 1 is 1.24 bits per heavy atom.